The molecule has 0 aliphatic rings. The minimum absolute atomic E-state index is 0.0214. The molecule has 0 unspecified atom stereocenters. The van der Waals surface area contributed by atoms with Gasteiger partial charge in [0.25, 0.3) is 0 Å². The zero-order valence-corrected chi connectivity index (χ0v) is 18.9. The molecule has 0 fully saturated rings. The molecule has 4 aromatic rings. The van der Waals surface area contributed by atoms with Crippen LogP contribution >= 0.6 is 11.8 Å². The number of para-hydroxylation sites is 1. The van der Waals surface area contributed by atoms with Gasteiger partial charge in [0.05, 0.1) is 14.2 Å². The number of benzene rings is 3. The number of carbonyl (C=O) groups excluding carboxylic acids is 1. The predicted octanol–water partition coefficient (Wildman–Crippen LogP) is 5.45. The van der Waals surface area contributed by atoms with Crippen LogP contribution in [0.3, 0.4) is 0 Å². The maximum atomic E-state index is 11.8. The van der Waals surface area contributed by atoms with Gasteiger partial charge in [0.1, 0.15) is 11.5 Å². The van der Waals surface area contributed by atoms with Crippen LogP contribution in [-0.2, 0) is 5.75 Å². The largest absolute Gasteiger partial charge is 0.497 e. The number of Topliss-reactive ketones (excluding diaryl/α,β-unsaturated/α-hetero) is 1. The molecule has 0 aliphatic heterocycles. The van der Waals surface area contributed by atoms with Crippen LogP contribution in [0.25, 0.3) is 17.1 Å². The normalized spacial score (nSPS) is 10.7. The standard InChI is InChI=1S/C25H23N3O3S/c1-17(29)19-11-14-23(31-3)20(15-19)16-32-25-27-26-24(18-9-12-22(30-2)13-10-18)28(25)21-7-5-4-6-8-21/h4-15H,16H2,1-3H3. The summed E-state index contributed by atoms with van der Waals surface area (Å²) in [6.07, 6.45) is 0. The van der Waals surface area contributed by atoms with Crippen molar-refractivity contribution in [2.75, 3.05) is 14.2 Å². The van der Waals surface area contributed by atoms with Crippen LogP contribution in [0.5, 0.6) is 11.5 Å². The quantitative estimate of drug-likeness (QED) is 0.266. The molecule has 4 rings (SSSR count). The zero-order valence-electron chi connectivity index (χ0n) is 18.1. The maximum Gasteiger partial charge on any atom is 0.196 e. The van der Waals surface area contributed by atoms with Crippen LogP contribution in [0.2, 0.25) is 0 Å². The predicted molar refractivity (Wildman–Crippen MR) is 126 cm³/mol. The van der Waals surface area contributed by atoms with Crippen LogP contribution in [0.15, 0.2) is 78.0 Å². The van der Waals surface area contributed by atoms with Crippen molar-refractivity contribution in [2.45, 2.75) is 17.8 Å². The van der Waals surface area contributed by atoms with Gasteiger partial charge in [-0.1, -0.05) is 30.0 Å². The van der Waals surface area contributed by atoms with Crippen LogP contribution in [0, 0.1) is 0 Å². The highest BCUT2D eigenvalue weighted by Crippen LogP contribution is 2.32. The van der Waals surface area contributed by atoms with E-state index in [1.807, 2.05) is 71.3 Å². The molecule has 0 bridgehead atoms. The first-order chi connectivity index (χ1) is 15.6. The molecule has 0 saturated heterocycles. The molecule has 7 heteroatoms. The molecule has 0 spiro atoms. The van der Waals surface area contributed by atoms with Crippen molar-refractivity contribution in [3.63, 3.8) is 0 Å². The lowest BCUT2D eigenvalue weighted by Crippen LogP contribution is -2.00. The highest BCUT2D eigenvalue weighted by molar-refractivity contribution is 7.98. The minimum atomic E-state index is 0.0214. The van der Waals surface area contributed by atoms with Crippen molar-refractivity contribution in [3.8, 4) is 28.6 Å². The minimum Gasteiger partial charge on any atom is -0.497 e. The van der Waals surface area contributed by atoms with Crippen molar-refractivity contribution >= 4 is 17.5 Å². The third-order valence-electron chi connectivity index (χ3n) is 5.04. The molecular formula is C25H23N3O3S. The Morgan fingerprint density at radius 2 is 1.69 bits per heavy atom. The van der Waals surface area contributed by atoms with Gasteiger partial charge < -0.3 is 9.47 Å². The molecule has 3 aromatic carbocycles. The van der Waals surface area contributed by atoms with E-state index in [9.17, 15) is 4.79 Å². The molecule has 0 N–H and O–H groups in total. The van der Waals surface area contributed by atoms with Gasteiger partial charge in [-0.3, -0.25) is 9.36 Å². The summed E-state index contributed by atoms with van der Waals surface area (Å²) in [5, 5.41) is 9.71. The van der Waals surface area contributed by atoms with Crippen molar-refractivity contribution in [2.24, 2.45) is 0 Å². The van der Waals surface area contributed by atoms with Crippen molar-refractivity contribution in [1.29, 1.82) is 0 Å². The molecule has 0 atom stereocenters. The topological polar surface area (TPSA) is 66.2 Å². The van der Waals surface area contributed by atoms with E-state index in [0.717, 1.165) is 39.3 Å². The third-order valence-corrected chi connectivity index (χ3v) is 6.02. The number of carbonyl (C=O) groups is 1. The number of ketones is 1. The maximum absolute atomic E-state index is 11.8. The highest BCUT2D eigenvalue weighted by atomic mass is 32.2. The van der Waals surface area contributed by atoms with E-state index in [0.29, 0.717) is 11.3 Å². The molecule has 0 aliphatic carbocycles. The Bertz CT molecular complexity index is 1220. The van der Waals surface area contributed by atoms with E-state index in [1.165, 1.54) is 0 Å². The first kappa shape index (κ1) is 21.6. The summed E-state index contributed by atoms with van der Waals surface area (Å²) >= 11 is 1.54. The lowest BCUT2D eigenvalue weighted by Gasteiger charge is -2.12. The molecular weight excluding hydrogens is 422 g/mol. The monoisotopic (exact) mass is 445 g/mol. The molecule has 1 aromatic heterocycles. The average Bonchev–Trinajstić information content (AvgIpc) is 3.27. The Balaban J connectivity index is 1.71. The van der Waals surface area contributed by atoms with Gasteiger partial charge in [-0.15, -0.1) is 10.2 Å². The van der Waals surface area contributed by atoms with Gasteiger partial charge in [-0.25, -0.2) is 0 Å². The summed E-state index contributed by atoms with van der Waals surface area (Å²) in [4.78, 5) is 11.8. The summed E-state index contributed by atoms with van der Waals surface area (Å²) in [5.74, 6) is 2.87. The van der Waals surface area contributed by atoms with Gasteiger partial charge in [-0.05, 0) is 61.5 Å². The van der Waals surface area contributed by atoms with Crippen LogP contribution in [-0.4, -0.2) is 34.8 Å². The van der Waals surface area contributed by atoms with E-state index in [1.54, 1.807) is 39.0 Å². The fourth-order valence-electron chi connectivity index (χ4n) is 3.35. The summed E-state index contributed by atoms with van der Waals surface area (Å²) in [5.41, 5.74) is 3.49. The fourth-order valence-corrected chi connectivity index (χ4v) is 4.28. The summed E-state index contributed by atoms with van der Waals surface area (Å²) in [7, 11) is 3.27. The second-order valence-electron chi connectivity index (χ2n) is 7.08. The van der Waals surface area contributed by atoms with Gasteiger partial charge in [0.15, 0.2) is 16.8 Å². The SMILES string of the molecule is COc1ccc(-c2nnc(SCc3cc(C(C)=O)ccc3OC)n2-c2ccccc2)cc1. The van der Waals surface area contributed by atoms with Crippen LogP contribution in [0.1, 0.15) is 22.8 Å². The Kier molecular flexibility index (Phi) is 6.56. The number of methoxy groups -OCH3 is 2. The number of rotatable bonds is 8. The van der Waals surface area contributed by atoms with Gasteiger partial charge in [0.2, 0.25) is 0 Å². The van der Waals surface area contributed by atoms with Gasteiger partial charge in [-0.2, -0.15) is 0 Å². The third kappa shape index (κ3) is 4.53. The lowest BCUT2D eigenvalue weighted by atomic mass is 10.1. The second kappa shape index (κ2) is 9.70. The van der Waals surface area contributed by atoms with Gasteiger partial charge in [0, 0.05) is 28.1 Å². The van der Waals surface area contributed by atoms with Gasteiger partial charge >= 0.3 is 0 Å². The van der Waals surface area contributed by atoms with E-state index >= 15 is 0 Å². The number of ether oxygens (including phenoxy) is 2. The van der Waals surface area contributed by atoms with E-state index in [-0.39, 0.29) is 5.78 Å². The lowest BCUT2D eigenvalue weighted by molar-refractivity contribution is 0.101. The van der Waals surface area contributed by atoms with Crippen LogP contribution < -0.4 is 9.47 Å². The number of thioether (sulfide) groups is 1. The van der Waals surface area contributed by atoms with E-state index in [2.05, 4.69) is 10.2 Å². The molecule has 0 amide bonds. The molecule has 0 radical (unpaired) electrons. The molecule has 162 valence electrons. The van der Waals surface area contributed by atoms with E-state index < -0.39 is 0 Å². The summed E-state index contributed by atoms with van der Waals surface area (Å²) in [6, 6.07) is 23.2. The van der Waals surface area contributed by atoms with E-state index in [4.69, 9.17) is 9.47 Å². The molecule has 1 heterocycles. The molecule has 6 nitrogen and oxygen atoms in total. The van der Waals surface area contributed by atoms with Crippen molar-refractivity contribution in [1.82, 2.24) is 14.8 Å². The number of aromatic nitrogens is 3. The average molecular weight is 446 g/mol. The molecule has 32 heavy (non-hydrogen) atoms. The number of nitrogens with zero attached hydrogens (tertiary/aromatic N) is 3. The number of hydrogen-bond donors (Lipinski definition) is 0. The smallest absolute Gasteiger partial charge is 0.196 e. The zero-order chi connectivity index (χ0) is 22.5. The second-order valence-corrected chi connectivity index (χ2v) is 8.02. The Labute approximate surface area is 191 Å². The highest BCUT2D eigenvalue weighted by Gasteiger charge is 2.17. The first-order valence-electron chi connectivity index (χ1n) is 10.1. The number of hydrogen-bond acceptors (Lipinski definition) is 6. The van der Waals surface area contributed by atoms with Crippen molar-refractivity contribution in [3.05, 3.63) is 83.9 Å². The Hall–Kier alpha value is -3.58. The fraction of sp³-hybridized carbons (Fsp3) is 0.160. The summed E-state index contributed by atoms with van der Waals surface area (Å²) < 4.78 is 12.8. The Morgan fingerprint density at radius 1 is 0.938 bits per heavy atom. The molecule has 0 saturated carbocycles. The Morgan fingerprint density at radius 3 is 2.34 bits per heavy atom. The first-order valence-corrected chi connectivity index (χ1v) is 11.0. The van der Waals surface area contributed by atoms with Crippen LogP contribution in [0.4, 0.5) is 0 Å². The van der Waals surface area contributed by atoms with Crippen molar-refractivity contribution < 1.29 is 14.3 Å². The summed E-state index contributed by atoms with van der Waals surface area (Å²) in [6.45, 7) is 1.56.